The molecule has 1 aliphatic rings. The maximum atomic E-state index is 5.89. The van der Waals surface area contributed by atoms with Crippen molar-refractivity contribution in [3.63, 3.8) is 0 Å². The van der Waals surface area contributed by atoms with Crippen molar-refractivity contribution in [3.8, 4) is 12.3 Å². The fourth-order valence-corrected chi connectivity index (χ4v) is 1.64. The van der Waals surface area contributed by atoms with E-state index in [0.29, 0.717) is 5.92 Å². The Hall–Kier alpha value is -0.480. The van der Waals surface area contributed by atoms with Crippen LogP contribution in [0, 0.1) is 18.3 Å². The van der Waals surface area contributed by atoms with Crippen LogP contribution in [-0.4, -0.2) is 5.54 Å². The van der Waals surface area contributed by atoms with Crippen molar-refractivity contribution in [2.24, 2.45) is 11.7 Å². The van der Waals surface area contributed by atoms with Crippen LogP contribution in [0.15, 0.2) is 0 Å². The zero-order valence-electron chi connectivity index (χ0n) is 6.56. The molecule has 0 saturated heterocycles. The maximum Gasteiger partial charge on any atom is 0.0773 e. The van der Waals surface area contributed by atoms with Gasteiger partial charge in [-0.3, -0.25) is 0 Å². The molecule has 10 heavy (non-hydrogen) atoms. The Morgan fingerprint density at radius 2 is 2.00 bits per heavy atom. The standard InChI is InChI=1S/C9H15N/c1-3-9(2,10)8-6-4-5-7-8/h1,8H,4-7,10H2,2H3/t9-/m1/s1. The third-order valence-electron chi connectivity index (χ3n) is 2.51. The summed E-state index contributed by atoms with van der Waals surface area (Å²) in [5.41, 5.74) is 5.53. The van der Waals surface area contributed by atoms with Gasteiger partial charge in [0, 0.05) is 0 Å². The lowest BCUT2D eigenvalue weighted by Gasteiger charge is -2.24. The van der Waals surface area contributed by atoms with Crippen molar-refractivity contribution in [3.05, 3.63) is 0 Å². The van der Waals surface area contributed by atoms with Gasteiger partial charge >= 0.3 is 0 Å². The minimum atomic E-state index is -0.351. The summed E-state index contributed by atoms with van der Waals surface area (Å²) in [5.74, 6) is 3.23. The third-order valence-corrected chi connectivity index (χ3v) is 2.51. The van der Waals surface area contributed by atoms with Gasteiger partial charge in [-0.15, -0.1) is 6.42 Å². The molecule has 2 N–H and O–H groups in total. The first kappa shape index (κ1) is 7.63. The van der Waals surface area contributed by atoms with Gasteiger partial charge in [-0.1, -0.05) is 18.8 Å². The van der Waals surface area contributed by atoms with Crippen LogP contribution >= 0.6 is 0 Å². The smallest absolute Gasteiger partial charge is 0.0773 e. The first-order chi connectivity index (χ1) is 4.67. The lowest BCUT2D eigenvalue weighted by molar-refractivity contribution is 0.380. The highest BCUT2D eigenvalue weighted by atomic mass is 14.7. The summed E-state index contributed by atoms with van der Waals surface area (Å²) < 4.78 is 0. The average molecular weight is 137 g/mol. The summed E-state index contributed by atoms with van der Waals surface area (Å²) in [6.45, 7) is 1.96. The van der Waals surface area contributed by atoms with E-state index in [0.717, 1.165) is 0 Å². The predicted molar refractivity (Wildman–Crippen MR) is 43.4 cm³/mol. The first-order valence-electron chi connectivity index (χ1n) is 3.93. The van der Waals surface area contributed by atoms with E-state index in [1.54, 1.807) is 0 Å². The highest BCUT2D eigenvalue weighted by molar-refractivity contribution is 5.12. The lowest BCUT2D eigenvalue weighted by atomic mass is 9.86. The summed E-state index contributed by atoms with van der Waals surface area (Å²) in [6.07, 6.45) is 10.4. The second-order valence-corrected chi connectivity index (χ2v) is 3.41. The highest BCUT2D eigenvalue weighted by Gasteiger charge is 2.30. The Morgan fingerprint density at radius 1 is 1.50 bits per heavy atom. The molecule has 0 spiro atoms. The van der Waals surface area contributed by atoms with E-state index < -0.39 is 0 Å². The van der Waals surface area contributed by atoms with Crippen LogP contribution in [0.1, 0.15) is 32.6 Å². The Kier molecular flexibility index (Phi) is 2.01. The van der Waals surface area contributed by atoms with E-state index >= 15 is 0 Å². The van der Waals surface area contributed by atoms with E-state index in [2.05, 4.69) is 5.92 Å². The van der Waals surface area contributed by atoms with E-state index in [1.807, 2.05) is 6.92 Å². The van der Waals surface area contributed by atoms with Crippen molar-refractivity contribution in [2.45, 2.75) is 38.1 Å². The molecule has 1 heteroatoms. The van der Waals surface area contributed by atoms with Gasteiger partial charge in [0.15, 0.2) is 0 Å². The van der Waals surface area contributed by atoms with Crippen LogP contribution in [0.25, 0.3) is 0 Å². The summed E-state index contributed by atoms with van der Waals surface area (Å²) in [4.78, 5) is 0. The fraction of sp³-hybridized carbons (Fsp3) is 0.778. The van der Waals surface area contributed by atoms with Crippen LogP contribution in [0.2, 0.25) is 0 Å². The van der Waals surface area contributed by atoms with Crippen LogP contribution in [0.5, 0.6) is 0 Å². The molecular formula is C9H15N. The normalized spacial score (nSPS) is 25.7. The van der Waals surface area contributed by atoms with E-state index in [-0.39, 0.29) is 5.54 Å². The van der Waals surface area contributed by atoms with E-state index in [4.69, 9.17) is 12.2 Å². The molecule has 0 aromatic heterocycles. The van der Waals surface area contributed by atoms with Crippen molar-refractivity contribution >= 4 is 0 Å². The Labute approximate surface area is 63.0 Å². The predicted octanol–water partition coefficient (Wildman–Crippen LogP) is 1.53. The molecule has 0 unspecified atom stereocenters. The monoisotopic (exact) mass is 137 g/mol. The van der Waals surface area contributed by atoms with Gasteiger partial charge in [-0.2, -0.15) is 0 Å². The number of rotatable bonds is 1. The minimum absolute atomic E-state index is 0.351. The molecule has 1 fully saturated rings. The molecule has 0 aromatic carbocycles. The van der Waals surface area contributed by atoms with E-state index in [9.17, 15) is 0 Å². The number of nitrogens with two attached hydrogens (primary N) is 1. The molecule has 0 bridgehead atoms. The van der Waals surface area contributed by atoms with Crippen LogP contribution in [-0.2, 0) is 0 Å². The summed E-state index contributed by atoms with van der Waals surface area (Å²) in [6, 6.07) is 0. The molecule has 1 atom stereocenters. The molecule has 1 aliphatic carbocycles. The van der Waals surface area contributed by atoms with Gasteiger partial charge in [0.1, 0.15) is 0 Å². The van der Waals surface area contributed by atoms with Gasteiger partial charge in [-0.25, -0.2) is 0 Å². The summed E-state index contributed by atoms with van der Waals surface area (Å²) in [7, 11) is 0. The summed E-state index contributed by atoms with van der Waals surface area (Å²) >= 11 is 0. The van der Waals surface area contributed by atoms with Gasteiger partial charge in [0.05, 0.1) is 5.54 Å². The molecule has 0 amide bonds. The largest absolute Gasteiger partial charge is 0.315 e. The van der Waals surface area contributed by atoms with Crippen molar-refractivity contribution in [1.29, 1.82) is 0 Å². The molecule has 1 rings (SSSR count). The van der Waals surface area contributed by atoms with Crippen molar-refractivity contribution in [2.75, 3.05) is 0 Å². The number of hydrogen-bond acceptors (Lipinski definition) is 1. The number of hydrogen-bond donors (Lipinski definition) is 1. The zero-order valence-corrected chi connectivity index (χ0v) is 6.56. The number of terminal acetylenes is 1. The lowest BCUT2D eigenvalue weighted by Crippen LogP contribution is -2.41. The van der Waals surface area contributed by atoms with Crippen molar-refractivity contribution < 1.29 is 0 Å². The van der Waals surface area contributed by atoms with Gasteiger partial charge in [0.25, 0.3) is 0 Å². The molecular weight excluding hydrogens is 122 g/mol. The van der Waals surface area contributed by atoms with Gasteiger partial charge in [-0.05, 0) is 25.7 Å². The quantitative estimate of drug-likeness (QED) is 0.545. The van der Waals surface area contributed by atoms with Crippen LogP contribution < -0.4 is 5.73 Å². The van der Waals surface area contributed by atoms with Gasteiger partial charge < -0.3 is 5.73 Å². The third kappa shape index (κ3) is 1.33. The molecule has 0 heterocycles. The van der Waals surface area contributed by atoms with Crippen molar-refractivity contribution in [1.82, 2.24) is 0 Å². The Morgan fingerprint density at radius 3 is 2.40 bits per heavy atom. The average Bonchev–Trinajstić information content (AvgIpc) is 2.38. The molecule has 1 saturated carbocycles. The Balaban J connectivity index is 2.56. The second-order valence-electron chi connectivity index (χ2n) is 3.41. The van der Waals surface area contributed by atoms with E-state index in [1.165, 1.54) is 25.7 Å². The first-order valence-corrected chi connectivity index (χ1v) is 3.93. The highest BCUT2D eigenvalue weighted by Crippen LogP contribution is 2.31. The Bertz CT molecular complexity index is 147. The second kappa shape index (κ2) is 2.64. The molecule has 0 aliphatic heterocycles. The fourth-order valence-electron chi connectivity index (χ4n) is 1.64. The van der Waals surface area contributed by atoms with Gasteiger partial charge in [0.2, 0.25) is 0 Å². The minimum Gasteiger partial charge on any atom is -0.315 e. The zero-order chi connectivity index (χ0) is 7.61. The molecule has 0 radical (unpaired) electrons. The maximum absolute atomic E-state index is 5.89. The molecule has 56 valence electrons. The van der Waals surface area contributed by atoms with Crippen LogP contribution in [0.4, 0.5) is 0 Å². The topological polar surface area (TPSA) is 26.0 Å². The van der Waals surface area contributed by atoms with Crippen LogP contribution in [0.3, 0.4) is 0 Å². The molecule has 1 nitrogen and oxygen atoms in total. The molecule has 0 aromatic rings. The summed E-state index contributed by atoms with van der Waals surface area (Å²) in [5, 5.41) is 0. The SMILES string of the molecule is C#C[C@@](C)(N)C1CCCC1.